The zero-order valence-electron chi connectivity index (χ0n) is 12.6. The Bertz CT molecular complexity index is 499. The average molecular weight is 311 g/mol. The number of nitrogens with zero attached hydrogens (tertiary/aromatic N) is 1. The van der Waals surface area contributed by atoms with Crippen LogP contribution in [0.15, 0.2) is 18.2 Å². The van der Waals surface area contributed by atoms with Crippen molar-refractivity contribution in [2.45, 2.75) is 38.6 Å². The van der Waals surface area contributed by atoms with Gasteiger partial charge in [0.15, 0.2) is 0 Å². The van der Waals surface area contributed by atoms with Crippen LogP contribution in [-0.2, 0) is 0 Å². The van der Waals surface area contributed by atoms with Gasteiger partial charge in [0.1, 0.15) is 0 Å². The van der Waals surface area contributed by atoms with Gasteiger partial charge in [-0.25, -0.2) is 4.79 Å². The summed E-state index contributed by atoms with van der Waals surface area (Å²) in [6.07, 6.45) is 3.88. The standard InChI is InChI=1S/C16H23ClN2O2/c1-11-9-13(17)5-8-15(11)18-16(21)19(2)14-6-3-12(10-20)4-7-14/h5,8-9,12,14,20H,3-4,6-7,10H2,1-2H3,(H,18,21). The van der Waals surface area contributed by atoms with Crippen molar-refractivity contribution in [3.63, 3.8) is 0 Å². The number of hydrogen-bond donors (Lipinski definition) is 2. The smallest absolute Gasteiger partial charge is 0.321 e. The minimum Gasteiger partial charge on any atom is -0.396 e. The third-order valence-corrected chi connectivity index (χ3v) is 4.61. The topological polar surface area (TPSA) is 52.6 Å². The van der Waals surface area contributed by atoms with Gasteiger partial charge in [0.25, 0.3) is 0 Å². The third kappa shape index (κ3) is 4.11. The van der Waals surface area contributed by atoms with Crippen LogP contribution in [0.25, 0.3) is 0 Å². The van der Waals surface area contributed by atoms with E-state index in [9.17, 15) is 4.79 Å². The van der Waals surface area contributed by atoms with Crippen molar-refractivity contribution in [1.29, 1.82) is 0 Å². The fourth-order valence-electron chi connectivity index (χ4n) is 2.85. The van der Waals surface area contributed by atoms with Crippen molar-refractivity contribution in [3.8, 4) is 0 Å². The van der Waals surface area contributed by atoms with Crippen LogP contribution in [0.5, 0.6) is 0 Å². The molecule has 1 fully saturated rings. The Balaban J connectivity index is 1.93. The molecule has 2 N–H and O–H groups in total. The number of rotatable bonds is 3. The molecule has 0 aliphatic heterocycles. The zero-order valence-corrected chi connectivity index (χ0v) is 13.4. The number of halogens is 1. The normalized spacial score (nSPS) is 21.9. The number of aliphatic hydroxyl groups excluding tert-OH is 1. The van der Waals surface area contributed by atoms with E-state index in [1.165, 1.54) is 0 Å². The van der Waals surface area contributed by atoms with Crippen molar-refractivity contribution in [1.82, 2.24) is 4.90 Å². The number of carbonyl (C=O) groups is 1. The van der Waals surface area contributed by atoms with Gasteiger partial charge < -0.3 is 15.3 Å². The quantitative estimate of drug-likeness (QED) is 0.895. The van der Waals surface area contributed by atoms with E-state index in [0.717, 1.165) is 36.9 Å². The van der Waals surface area contributed by atoms with Gasteiger partial charge in [-0.2, -0.15) is 0 Å². The number of urea groups is 1. The molecule has 0 bridgehead atoms. The molecule has 116 valence electrons. The van der Waals surface area contributed by atoms with Crippen molar-refractivity contribution >= 4 is 23.3 Å². The molecule has 0 saturated heterocycles. The minimum atomic E-state index is -0.0899. The predicted octanol–water partition coefficient (Wildman–Crippen LogP) is 3.66. The lowest BCUT2D eigenvalue weighted by Crippen LogP contribution is -2.42. The van der Waals surface area contributed by atoms with E-state index in [-0.39, 0.29) is 18.7 Å². The lowest BCUT2D eigenvalue weighted by atomic mass is 9.86. The summed E-state index contributed by atoms with van der Waals surface area (Å²) in [5, 5.41) is 12.8. The molecule has 2 amide bonds. The summed E-state index contributed by atoms with van der Waals surface area (Å²) in [6, 6.07) is 5.60. The molecule has 1 aliphatic rings. The van der Waals surface area contributed by atoms with E-state index < -0.39 is 0 Å². The number of aryl methyl sites for hydroxylation is 1. The molecule has 0 spiro atoms. The molecule has 1 aromatic carbocycles. The zero-order chi connectivity index (χ0) is 15.4. The van der Waals surface area contributed by atoms with Crippen LogP contribution in [0.4, 0.5) is 10.5 Å². The van der Waals surface area contributed by atoms with Crippen molar-refractivity contribution in [2.75, 3.05) is 19.0 Å². The Morgan fingerprint density at radius 1 is 1.38 bits per heavy atom. The van der Waals surface area contributed by atoms with E-state index in [0.29, 0.717) is 10.9 Å². The highest BCUT2D eigenvalue weighted by Crippen LogP contribution is 2.27. The highest BCUT2D eigenvalue weighted by atomic mass is 35.5. The van der Waals surface area contributed by atoms with E-state index in [1.54, 1.807) is 11.0 Å². The Morgan fingerprint density at radius 2 is 2.05 bits per heavy atom. The minimum absolute atomic E-state index is 0.0899. The summed E-state index contributed by atoms with van der Waals surface area (Å²) >= 11 is 5.92. The highest BCUT2D eigenvalue weighted by Gasteiger charge is 2.26. The van der Waals surface area contributed by atoms with Crippen molar-refractivity contribution in [2.24, 2.45) is 5.92 Å². The maximum atomic E-state index is 12.3. The molecular weight excluding hydrogens is 288 g/mol. The number of hydrogen-bond acceptors (Lipinski definition) is 2. The molecule has 1 saturated carbocycles. The number of carbonyl (C=O) groups excluding carboxylic acids is 1. The molecule has 21 heavy (non-hydrogen) atoms. The van der Waals surface area contributed by atoms with Crippen LogP contribution >= 0.6 is 11.6 Å². The van der Waals surface area contributed by atoms with Gasteiger partial charge in [-0.15, -0.1) is 0 Å². The van der Waals surface area contributed by atoms with Gasteiger partial charge in [0, 0.05) is 30.4 Å². The summed E-state index contributed by atoms with van der Waals surface area (Å²) in [5.74, 6) is 0.399. The molecule has 0 radical (unpaired) electrons. The van der Waals surface area contributed by atoms with E-state index >= 15 is 0 Å². The summed E-state index contributed by atoms with van der Waals surface area (Å²) in [7, 11) is 1.84. The summed E-state index contributed by atoms with van der Waals surface area (Å²) in [6.45, 7) is 2.18. The molecule has 0 atom stereocenters. The van der Waals surface area contributed by atoms with Gasteiger partial charge in [-0.3, -0.25) is 0 Å². The van der Waals surface area contributed by atoms with Crippen LogP contribution in [0.2, 0.25) is 5.02 Å². The molecule has 0 unspecified atom stereocenters. The van der Waals surface area contributed by atoms with Crippen LogP contribution in [-0.4, -0.2) is 35.7 Å². The number of anilines is 1. The van der Waals surface area contributed by atoms with E-state index in [4.69, 9.17) is 16.7 Å². The monoisotopic (exact) mass is 310 g/mol. The van der Waals surface area contributed by atoms with Gasteiger partial charge in [-0.1, -0.05) is 11.6 Å². The molecule has 4 nitrogen and oxygen atoms in total. The first kappa shape index (κ1) is 16.1. The maximum absolute atomic E-state index is 12.3. The Labute approximate surface area is 131 Å². The fourth-order valence-corrected chi connectivity index (χ4v) is 3.08. The van der Waals surface area contributed by atoms with Crippen molar-refractivity contribution < 1.29 is 9.90 Å². The third-order valence-electron chi connectivity index (χ3n) is 4.37. The second kappa shape index (κ2) is 7.14. The lowest BCUT2D eigenvalue weighted by molar-refractivity contribution is 0.139. The largest absolute Gasteiger partial charge is 0.396 e. The second-order valence-corrected chi connectivity index (χ2v) is 6.29. The molecule has 1 aliphatic carbocycles. The van der Waals surface area contributed by atoms with Crippen LogP contribution in [0.3, 0.4) is 0 Å². The Kier molecular flexibility index (Phi) is 5.48. The average Bonchev–Trinajstić information content (AvgIpc) is 2.49. The SMILES string of the molecule is Cc1cc(Cl)ccc1NC(=O)N(C)C1CCC(CO)CC1. The van der Waals surface area contributed by atoms with E-state index in [2.05, 4.69) is 5.32 Å². The Hall–Kier alpha value is -1.26. The van der Waals surface area contributed by atoms with Gasteiger partial charge >= 0.3 is 6.03 Å². The fraction of sp³-hybridized carbons (Fsp3) is 0.562. The molecular formula is C16H23ClN2O2. The number of benzene rings is 1. The van der Waals surface area contributed by atoms with Gasteiger partial charge in [0.2, 0.25) is 0 Å². The summed E-state index contributed by atoms with van der Waals surface area (Å²) in [5.41, 5.74) is 1.74. The van der Waals surface area contributed by atoms with Crippen LogP contribution < -0.4 is 5.32 Å². The molecule has 2 rings (SSSR count). The number of nitrogens with one attached hydrogen (secondary N) is 1. The lowest BCUT2D eigenvalue weighted by Gasteiger charge is -2.34. The summed E-state index contributed by atoms with van der Waals surface area (Å²) in [4.78, 5) is 14.1. The second-order valence-electron chi connectivity index (χ2n) is 5.86. The van der Waals surface area contributed by atoms with Crippen LogP contribution in [0, 0.1) is 12.8 Å². The van der Waals surface area contributed by atoms with Crippen LogP contribution in [0.1, 0.15) is 31.2 Å². The Morgan fingerprint density at radius 3 is 2.62 bits per heavy atom. The molecule has 1 aromatic rings. The highest BCUT2D eigenvalue weighted by molar-refractivity contribution is 6.30. The van der Waals surface area contributed by atoms with Gasteiger partial charge in [-0.05, 0) is 62.3 Å². The van der Waals surface area contributed by atoms with Crippen molar-refractivity contribution in [3.05, 3.63) is 28.8 Å². The predicted molar refractivity (Wildman–Crippen MR) is 85.8 cm³/mol. The number of aliphatic hydroxyl groups is 1. The molecule has 0 aromatic heterocycles. The molecule has 0 heterocycles. The first-order valence-electron chi connectivity index (χ1n) is 7.42. The maximum Gasteiger partial charge on any atom is 0.321 e. The first-order valence-corrected chi connectivity index (χ1v) is 7.80. The molecule has 5 heteroatoms. The van der Waals surface area contributed by atoms with Gasteiger partial charge in [0.05, 0.1) is 0 Å². The summed E-state index contributed by atoms with van der Waals surface area (Å²) < 4.78 is 0. The first-order chi connectivity index (χ1) is 10.0. The number of amides is 2. The van der Waals surface area contributed by atoms with E-state index in [1.807, 2.05) is 26.1 Å².